The quantitative estimate of drug-likeness (QED) is 0.808. The van der Waals surface area contributed by atoms with Crippen LogP contribution in [-0.4, -0.2) is 39.1 Å². The van der Waals surface area contributed by atoms with Gasteiger partial charge in [0.05, 0.1) is 17.7 Å². The van der Waals surface area contributed by atoms with Crippen LogP contribution in [0.15, 0.2) is 6.07 Å². The minimum Gasteiger partial charge on any atom is -0.297 e. The topological polar surface area (TPSA) is 38.1 Å². The number of hydrogen-bond acceptors (Lipinski definition) is 3. The highest BCUT2D eigenvalue weighted by atomic mass is 16.1. The van der Waals surface area contributed by atoms with E-state index in [0.29, 0.717) is 12.2 Å². The second kappa shape index (κ2) is 6.73. The molecule has 2 rings (SSSR count). The van der Waals surface area contributed by atoms with Crippen LogP contribution in [0.4, 0.5) is 0 Å². The van der Waals surface area contributed by atoms with Crippen molar-refractivity contribution >= 4 is 5.78 Å². The van der Waals surface area contributed by atoms with Crippen molar-refractivity contribution in [2.45, 2.75) is 71.9 Å². The summed E-state index contributed by atoms with van der Waals surface area (Å²) in [6.07, 6.45) is 5.11. The largest absolute Gasteiger partial charge is 0.297 e. The van der Waals surface area contributed by atoms with Gasteiger partial charge in [-0.15, -0.1) is 0 Å². The number of aromatic nitrogens is 2. The number of hydrogen-bond donors (Lipinski definition) is 0. The smallest absolute Gasteiger partial charge is 0.158 e. The molecule has 0 saturated carbocycles. The maximum atomic E-state index is 13.0. The Labute approximate surface area is 128 Å². The van der Waals surface area contributed by atoms with Gasteiger partial charge in [0.1, 0.15) is 0 Å². The first-order valence-electron chi connectivity index (χ1n) is 8.33. The molecular weight excluding hydrogens is 262 g/mol. The van der Waals surface area contributed by atoms with E-state index in [9.17, 15) is 4.79 Å². The second-order valence-electron chi connectivity index (χ2n) is 6.37. The Bertz CT molecular complexity index is 488. The van der Waals surface area contributed by atoms with Crippen LogP contribution in [0.1, 0.15) is 57.8 Å². The number of likely N-dealkylation sites (tertiary alicyclic amines) is 1. The molecule has 0 aliphatic carbocycles. The number of ketones is 1. The third-order valence-electron chi connectivity index (χ3n) is 4.97. The number of rotatable bonds is 6. The first-order chi connectivity index (χ1) is 10.0. The maximum absolute atomic E-state index is 13.0. The lowest BCUT2D eigenvalue weighted by Crippen LogP contribution is -2.54. The van der Waals surface area contributed by atoms with Crippen molar-refractivity contribution in [2.24, 2.45) is 0 Å². The van der Waals surface area contributed by atoms with Gasteiger partial charge in [-0.05, 0) is 59.2 Å². The normalized spacial score (nSPS) is 19.4. The highest BCUT2D eigenvalue weighted by Gasteiger charge is 2.37. The summed E-state index contributed by atoms with van der Waals surface area (Å²) in [6, 6.07) is 2.05. The maximum Gasteiger partial charge on any atom is 0.158 e. The van der Waals surface area contributed by atoms with E-state index in [1.807, 2.05) is 17.7 Å². The standard InChI is InChI=1S/C17H29N3O/c1-5-17(4,19-10-8-7-9-11-19)16(21)13-15-12-14(3)18-20(15)6-2/h12H,5-11,13H2,1-4H3. The third kappa shape index (κ3) is 3.37. The molecule has 2 heterocycles. The van der Waals surface area contributed by atoms with E-state index in [2.05, 4.69) is 30.8 Å². The predicted molar refractivity (Wildman–Crippen MR) is 85.5 cm³/mol. The minimum atomic E-state index is -0.322. The first kappa shape index (κ1) is 16.2. The molecule has 118 valence electrons. The van der Waals surface area contributed by atoms with Crippen LogP contribution in [0, 0.1) is 6.92 Å². The fourth-order valence-corrected chi connectivity index (χ4v) is 3.35. The average molecular weight is 291 g/mol. The van der Waals surface area contributed by atoms with E-state index in [1.165, 1.54) is 19.3 Å². The lowest BCUT2D eigenvalue weighted by Gasteiger charge is -2.42. The van der Waals surface area contributed by atoms with Gasteiger partial charge in [-0.1, -0.05) is 13.3 Å². The van der Waals surface area contributed by atoms with Crippen molar-refractivity contribution in [2.75, 3.05) is 13.1 Å². The Kier molecular flexibility index (Phi) is 5.20. The van der Waals surface area contributed by atoms with Crippen LogP contribution in [0.25, 0.3) is 0 Å². The van der Waals surface area contributed by atoms with Gasteiger partial charge in [0.15, 0.2) is 5.78 Å². The number of piperidine rings is 1. The van der Waals surface area contributed by atoms with Gasteiger partial charge >= 0.3 is 0 Å². The Balaban J connectivity index is 2.15. The lowest BCUT2D eigenvalue weighted by atomic mass is 9.86. The van der Waals surface area contributed by atoms with E-state index >= 15 is 0 Å². The van der Waals surface area contributed by atoms with Crippen LogP contribution in [-0.2, 0) is 17.8 Å². The summed E-state index contributed by atoms with van der Waals surface area (Å²) in [7, 11) is 0. The fourth-order valence-electron chi connectivity index (χ4n) is 3.35. The Morgan fingerprint density at radius 1 is 1.29 bits per heavy atom. The molecule has 0 aromatic carbocycles. The van der Waals surface area contributed by atoms with Crippen LogP contribution in [0.2, 0.25) is 0 Å². The summed E-state index contributed by atoms with van der Waals surface area (Å²) < 4.78 is 1.96. The molecule has 0 N–H and O–H groups in total. The molecule has 0 radical (unpaired) electrons. The van der Waals surface area contributed by atoms with Crippen molar-refractivity contribution in [3.8, 4) is 0 Å². The van der Waals surface area contributed by atoms with Crippen molar-refractivity contribution in [3.05, 3.63) is 17.5 Å². The van der Waals surface area contributed by atoms with Gasteiger partial charge in [0.25, 0.3) is 0 Å². The molecule has 0 bridgehead atoms. The van der Waals surface area contributed by atoms with Gasteiger partial charge < -0.3 is 0 Å². The van der Waals surface area contributed by atoms with E-state index in [0.717, 1.165) is 37.4 Å². The molecule has 1 unspecified atom stereocenters. The van der Waals surface area contributed by atoms with Crippen molar-refractivity contribution in [1.82, 2.24) is 14.7 Å². The van der Waals surface area contributed by atoms with Crippen molar-refractivity contribution in [1.29, 1.82) is 0 Å². The number of Topliss-reactive ketones (excluding diaryl/α,β-unsaturated/α-hetero) is 1. The third-order valence-corrected chi connectivity index (χ3v) is 4.97. The van der Waals surface area contributed by atoms with Crippen LogP contribution < -0.4 is 0 Å². The monoisotopic (exact) mass is 291 g/mol. The van der Waals surface area contributed by atoms with Crippen LogP contribution in [0.5, 0.6) is 0 Å². The Hall–Kier alpha value is -1.16. The van der Waals surface area contributed by atoms with Crippen molar-refractivity contribution in [3.63, 3.8) is 0 Å². The summed E-state index contributed by atoms with van der Waals surface area (Å²) in [6.45, 7) is 11.3. The van der Waals surface area contributed by atoms with Crippen LogP contribution >= 0.6 is 0 Å². The number of aryl methyl sites for hydroxylation is 2. The molecule has 0 spiro atoms. The van der Waals surface area contributed by atoms with E-state index < -0.39 is 0 Å². The Morgan fingerprint density at radius 2 is 1.95 bits per heavy atom. The molecular formula is C17H29N3O. The second-order valence-corrected chi connectivity index (χ2v) is 6.37. The molecule has 4 heteroatoms. The molecule has 1 fully saturated rings. The number of nitrogens with zero attached hydrogens (tertiary/aromatic N) is 3. The highest BCUT2D eigenvalue weighted by Crippen LogP contribution is 2.26. The predicted octanol–water partition coefficient (Wildman–Crippen LogP) is 2.98. The zero-order chi connectivity index (χ0) is 15.5. The van der Waals surface area contributed by atoms with E-state index in [1.54, 1.807) is 0 Å². The van der Waals surface area contributed by atoms with Gasteiger partial charge in [0, 0.05) is 12.2 Å². The van der Waals surface area contributed by atoms with Gasteiger partial charge in [-0.3, -0.25) is 14.4 Å². The minimum absolute atomic E-state index is 0.322. The molecule has 1 aromatic heterocycles. The molecule has 1 saturated heterocycles. The Morgan fingerprint density at radius 3 is 2.52 bits per heavy atom. The molecule has 4 nitrogen and oxygen atoms in total. The fraction of sp³-hybridized carbons (Fsp3) is 0.765. The summed E-state index contributed by atoms with van der Waals surface area (Å²) >= 11 is 0. The SMILES string of the molecule is CCn1nc(C)cc1CC(=O)C(C)(CC)N1CCCCC1. The highest BCUT2D eigenvalue weighted by molar-refractivity contribution is 5.89. The summed E-state index contributed by atoms with van der Waals surface area (Å²) in [4.78, 5) is 15.4. The molecule has 1 aromatic rings. The van der Waals surface area contributed by atoms with E-state index in [4.69, 9.17) is 0 Å². The molecule has 21 heavy (non-hydrogen) atoms. The zero-order valence-corrected chi connectivity index (χ0v) is 14.0. The number of carbonyl (C=O) groups excluding carboxylic acids is 1. The average Bonchev–Trinajstić information content (AvgIpc) is 2.86. The summed E-state index contributed by atoms with van der Waals surface area (Å²) in [5.41, 5.74) is 1.73. The molecule has 1 aliphatic heterocycles. The first-order valence-corrected chi connectivity index (χ1v) is 8.33. The zero-order valence-electron chi connectivity index (χ0n) is 14.0. The van der Waals surface area contributed by atoms with Crippen LogP contribution in [0.3, 0.4) is 0 Å². The molecule has 1 aliphatic rings. The van der Waals surface area contributed by atoms with Gasteiger partial charge in [0.2, 0.25) is 0 Å². The van der Waals surface area contributed by atoms with Gasteiger partial charge in [-0.2, -0.15) is 5.10 Å². The van der Waals surface area contributed by atoms with E-state index in [-0.39, 0.29) is 5.54 Å². The summed E-state index contributed by atoms with van der Waals surface area (Å²) in [5.74, 6) is 0.335. The lowest BCUT2D eigenvalue weighted by molar-refractivity contribution is -0.130. The molecule has 1 atom stereocenters. The molecule has 0 amide bonds. The number of carbonyl (C=O) groups is 1. The van der Waals surface area contributed by atoms with Gasteiger partial charge in [-0.25, -0.2) is 0 Å². The summed E-state index contributed by atoms with van der Waals surface area (Å²) in [5, 5.41) is 4.45. The van der Waals surface area contributed by atoms with Crippen molar-refractivity contribution < 1.29 is 4.79 Å².